The van der Waals surface area contributed by atoms with E-state index >= 15 is 0 Å². The molecule has 0 radical (unpaired) electrons. The van der Waals surface area contributed by atoms with E-state index in [0.717, 1.165) is 24.8 Å². The second-order valence-corrected chi connectivity index (χ2v) is 7.00. The summed E-state index contributed by atoms with van der Waals surface area (Å²) >= 11 is 0. The number of halogens is 1. The first kappa shape index (κ1) is 22.6. The van der Waals surface area contributed by atoms with Gasteiger partial charge in [-0.05, 0) is 55.3 Å². The first-order valence-corrected chi connectivity index (χ1v) is 10.1. The van der Waals surface area contributed by atoms with Gasteiger partial charge >= 0.3 is 0 Å². The van der Waals surface area contributed by atoms with Gasteiger partial charge in [0.2, 0.25) is 5.91 Å². The SMILES string of the molecule is CCCNC(=O)c1ccc(C(CCC)NC(=O)C(NC)c2cccc(F)c2)cc1. The Bertz CT molecular complexity index is 808. The van der Waals surface area contributed by atoms with E-state index in [1.54, 1.807) is 31.3 Å². The van der Waals surface area contributed by atoms with E-state index in [-0.39, 0.29) is 23.7 Å². The van der Waals surface area contributed by atoms with Crippen molar-refractivity contribution in [2.75, 3.05) is 13.6 Å². The van der Waals surface area contributed by atoms with Crippen LogP contribution in [0.2, 0.25) is 0 Å². The maximum Gasteiger partial charge on any atom is 0.251 e. The molecule has 0 aliphatic rings. The maximum atomic E-state index is 13.6. The van der Waals surface area contributed by atoms with Crippen LogP contribution in [0, 0.1) is 5.82 Å². The lowest BCUT2D eigenvalue weighted by molar-refractivity contribution is -0.124. The van der Waals surface area contributed by atoms with Crippen molar-refractivity contribution in [2.24, 2.45) is 0 Å². The van der Waals surface area contributed by atoms with Crippen LogP contribution in [-0.4, -0.2) is 25.4 Å². The van der Waals surface area contributed by atoms with Gasteiger partial charge < -0.3 is 16.0 Å². The summed E-state index contributed by atoms with van der Waals surface area (Å²) in [6, 6.07) is 12.5. The van der Waals surface area contributed by atoms with Gasteiger partial charge in [-0.2, -0.15) is 0 Å². The average molecular weight is 400 g/mol. The van der Waals surface area contributed by atoms with Crippen LogP contribution in [0.1, 0.15) is 66.7 Å². The molecule has 2 aromatic rings. The van der Waals surface area contributed by atoms with Crippen LogP contribution < -0.4 is 16.0 Å². The Balaban J connectivity index is 2.14. The van der Waals surface area contributed by atoms with Crippen LogP contribution >= 0.6 is 0 Å². The average Bonchev–Trinajstić information content (AvgIpc) is 2.72. The summed E-state index contributed by atoms with van der Waals surface area (Å²) in [5, 5.41) is 8.87. The summed E-state index contributed by atoms with van der Waals surface area (Å²) in [4.78, 5) is 25.0. The molecule has 0 fully saturated rings. The van der Waals surface area contributed by atoms with Gasteiger partial charge in [-0.1, -0.05) is 44.5 Å². The fourth-order valence-electron chi connectivity index (χ4n) is 3.21. The number of rotatable bonds is 10. The fraction of sp³-hybridized carbons (Fsp3) is 0.391. The molecule has 2 rings (SSSR count). The van der Waals surface area contributed by atoms with Crippen molar-refractivity contribution >= 4 is 11.8 Å². The topological polar surface area (TPSA) is 70.2 Å². The Labute approximate surface area is 172 Å². The van der Waals surface area contributed by atoms with Crippen LogP contribution in [0.4, 0.5) is 4.39 Å². The number of likely N-dealkylation sites (N-methyl/N-ethyl adjacent to an activating group) is 1. The van der Waals surface area contributed by atoms with Crippen LogP contribution in [0.5, 0.6) is 0 Å². The van der Waals surface area contributed by atoms with E-state index in [4.69, 9.17) is 0 Å². The van der Waals surface area contributed by atoms with Crippen LogP contribution in [-0.2, 0) is 4.79 Å². The highest BCUT2D eigenvalue weighted by Crippen LogP contribution is 2.22. The van der Waals surface area contributed by atoms with Crippen molar-refractivity contribution < 1.29 is 14.0 Å². The lowest BCUT2D eigenvalue weighted by Gasteiger charge is -2.23. The third-order valence-corrected chi connectivity index (χ3v) is 4.74. The Kier molecular flexibility index (Phi) is 8.80. The van der Waals surface area contributed by atoms with E-state index in [9.17, 15) is 14.0 Å². The van der Waals surface area contributed by atoms with Crippen molar-refractivity contribution in [1.29, 1.82) is 0 Å². The van der Waals surface area contributed by atoms with E-state index in [2.05, 4.69) is 16.0 Å². The molecule has 2 unspecified atom stereocenters. The molecule has 6 heteroatoms. The molecule has 0 saturated heterocycles. The number of nitrogens with one attached hydrogen (secondary N) is 3. The first-order valence-electron chi connectivity index (χ1n) is 10.1. The fourth-order valence-corrected chi connectivity index (χ4v) is 3.21. The zero-order valence-electron chi connectivity index (χ0n) is 17.3. The third kappa shape index (κ3) is 6.39. The van der Waals surface area contributed by atoms with Gasteiger partial charge in [0.25, 0.3) is 5.91 Å². The van der Waals surface area contributed by atoms with Crippen molar-refractivity contribution in [1.82, 2.24) is 16.0 Å². The molecule has 0 heterocycles. The van der Waals surface area contributed by atoms with Crippen LogP contribution in [0.15, 0.2) is 48.5 Å². The second-order valence-electron chi connectivity index (χ2n) is 7.00. The minimum atomic E-state index is -0.649. The minimum absolute atomic E-state index is 0.101. The molecule has 5 nitrogen and oxygen atoms in total. The van der Waals surface area contributed by atoms with Gasteiger partial charge in [-0.25, -0.2) is 4.39 Å². The highest BCUT2D eigenvalue weighted by atomic mass is 19.1. The summed E-state index contributed by atoms with van der Waals surface area (Å²) in [6.45, 7) is 4.69. The van der Waals surface area contributed by atoms with E-state index in [1.165, 1.54) is 12.1 Å². The molecule has 2 aromatic carbocycles. The number of hydrogen-bond donors (Lipinski definition) is 3. The van der Waals surface area contributed by atoms with Gasteiger partial charge in [0, 0.05) is 12.1 Å². The van der Waals surface area contributed by atoms with E-state index in [0.29, 0.717) is 17.7 Å². The highest BCUT2D eigenvalue weighted by molar-refractivity contribution is 5.94. The minimum Gasteiger partial charge on any atom is -0.352 e. The Morgan fingerprint density at radius 2 is 1.72 bits per heavy atom. The van der Waals surface area contributed by atoms with Crippen molar-refractivity contribution in [3.63, 3.8) is 0 Å². The van der Waals surface area contributed by atoms with Crippen molar-refractivity contribution in [3.8, 4) is 0 Å². The Morgan fingerprint density at radius 3 is 2.31 bits per heavy atom. The summed E-state index contributed by atoms with van der Waals surface area (Å²) in [5.41, 5.74) is 2.10. The number of carbonyl (C=O) groups is 2. The lowest BCUT2D eigenvalue weighted by Crippen LogP contribution is -2.38. The molecule has 29 heavy (non-hydrogen) atoms. The molecule has 3 N–H and O–H groups in total. The standard InChI is InChI=1S/C23H30FN3O2/c1-4-7-20(16-10-12-17(13-11-16)22(28)26-14-5-2)27-23(29)21(25-3)18-8-6-9-19(24)15-18/h6,8-13,15,20-21,25H,4-5,7,14H2,1-3H3,(H,26,28)(H,27,29). The first-order chi connectivity index (χ1) is 14.0. The molecule has 0 bridgehead atoms. The predicted molar refractivity (Wildman–Crippen MR) is 113 cm³/mol. The quantitative estimate of drug-likeness (QED) is 0.568. The number of carbonyl (C=O) groups excluding carboxylic acids is 2. The lowest BCUT2D eigenvalue weighted by atomic mass is 9.99. The molecule has 0 aliphatic heterocycles. The second kappa shape index (κ2) is 11.3. The van der Waals surface area contributed by atoms with Gasteiger partial charge in [-0.3, -0.25) is 9.59 Å². The van der Waals surface area contributed by atoms with Gasteiger partial charge in [-0.15, -0.1) is 0 Å². The molecule has 2 atom stereocenters. The van der Waals surface area contributed by atoms with Crippen molar-refractivity contribution in [2.45, 2.75) is 45.2 Å². The van der Waals surface area contributed by atoms with Crippen molar-refractivity contribution in [3.05, 3.63) is 71.0 Å². The summed E-state index contributed by atoms with van der Waals surface area (Å²) < 4.78 is 13.6. The van der Waals surface area contributed by atoms with Crippen LogP contribution in [0.25, 0.3) is 0 Å². The summed E-state index contributed by atoms with van der Waals surface area (Å²) in [7, 11) is 1.67. The molecule has 0 aliphatic carbocycles. The highest BCUT2D eigenvalue weighted by Gasteiger charge is 2.23. The van der Waals surface area contributed by atoms with Gasteiger partial charge in [0.1, 0.15) is 11.9 Å². The molecule has 0 saturated carbocycles. The molecular weight excluding hydrogens is 369 g/mol. The van der Waals surface area contributed by atoms with Gasteiger partial charge in [0.15, 0.2) is 0 Å². The molecule has 0 aromatic heterocycles. The largest absolute Gasteiger partial charge is 0.352 e. The zero-order valence-corrected chi connectivity index (χ0v) is 17.3. The smallest absolute Gasteiger partial charge is 0.251 e. The number of amides is 2. The normalized spacial score (nSPS) is 12.8. The summed E-state index contributed by atoms with van der Waals surface area (Å²) in [6.07, 6.45) is 2.52. The van der Waals surface area contributed by atoms with Gasteiger partial charge in [0.05, 0.1) is 6.04 Å². The molecule has 0 spiro atoms. The number of hydrogen-bond acceptors (Lipinski definition) is 3. The Morgan fingerprint density at radius 1 is 1.00 bits per heavy atom. The third-order valence-electron chi connectivity index (χ3n) is 4.74. The monoisotopic (exact) mass is 399 g/mol. The van der Waals surface area contributed by atoms with E-state index in [1.807, 2.05) is 26.0 Å². The molecule has 2 amide bonds. The van der Waals surface area contributed by atoms with E-state index < -0.39 is 6.04 Å². The zero-order chi connectivity index (χ0) is 21.2. The number of benzene rings is 2. The molecule has 156 valence electrons. The maximum absolute atomic E-state index is 13.6. The molecular formula is C23H30FN3O2. The predicted octanol–water partition coefficient (Wildman–Crippen LogP) is 3.88. The Hall–Kier alpha value is -2.73. The van der Waals surface area contributed by atoms with Crippen LogP contribution in [0.3, 0.4) is 0 Å². The summed E-state index contributed by atoms with van der Waals surface area (Å²) in [5.74, 6) is -0.699.